The number of hydrogen-bond donors (Lipinski definition) is 2. The molecule has 2 aromatic carbocycles. The maximum atomic E-state index is 12.9. The molecule has 0 aromatic heterocycles. The Hall–Kier alpha value is -2.24. The summed E-state index contributed by atoms with van der Waals surface area (Å²) in [5, 5.41) is 13.2. The molecule has 24 heavy (non-hydrogen) atoms. The molecule has 0 fully saturated rings. The quantitative estimate of drug-likeness (QED) is 0.730. The number of halogens is 1. The summed E-state index contributed by atoms with van der Waals surface area (Å²) in [5.74, 6) is -0.933. The van der Waals surface area contributed by atoms with E-state index in [9.17, 15) is 14.3 Å². The number of benzene rings is 2. The van der Waals surface area contributed by atoms with Gasteiger partial charge in [0.15, 0.2) is 6.10 Å². The zero-order chi connectivity index (χ0) is 17.4. The Morgan fingerprint density at radius 3 is 2.46 bits per heavy atom. The minimum absolute atomic E-state index is 0.0398. The van der Waals surface area contributed by atoms with Gasteiger partial charge in [-0.1, -0.05) is 49.4 Å². The molecule has 0 saturated carbocycles. The summed E-state index contributed by atoms with van der Waals surface area (Å²) in [7, 11) is 0. The minimum Gasteiger partial charge on any atom is -0.462 e. The first-order chi connectivity index (χ1) is 11.6. The maximum Gasteiger partial charge on any atom is 0.339 e. The molecule has 128 valence electrons. The maximum absolute atomic E-state index is 12.9. The average molecular weight is 331 g/mol. The van der Waals surface area contributed by atoms with Crippen molar-refractivity contribution in [2.45, 2.75) is 32.0 Å². The highest BCUT2D eigenvalue weighted by molar-refractivity contribution is 5.76. The molecule has 0 aliphatic carbocycles. The number of aliphatic hydroxyl groups excluding tert-OH is 1. The molecular formula is C19H22FNO3. The van der Waals surface area contributed by atoms with Gasteiger partial charge in [0.05, 0.1) is 0 Å². The molecule has 0 bridgehead atoms. The highest BCUT2D eigenvalue weighted by atomic mass is 19.1. The Morgan fingerprint density at radius 2 is 1.83 bits per heavy atom. The second kappa shape index (κ2) is 9.15. The molecule has 5 heteroatoms. The standard InChI is InChI=1S/C19H22FNO3/c1-2-17(21-12-14-8-10-16(20)11-9-14)13-24-19(23)18(22)15-6-4-3-5-7-15/h3-11,17-18,21-22H,2,12-13H2,1H3/t17-,18?/m1/s1. The average Bonchev–Trinajstić information content (AvgIpc) is 2.63. The number of hydrogen-bond acceptors (Lipinski definition) is 4. The van der Waals surface area contributed by atoms with E-state index in [4.69, 9.17) is 4.74 Å². The van der Waals surface area contributed by atoms with Crippen LogP contribution < -0.4 is 5.32 Å². The van der Waals surface area contributed by atoms with E-state index in [2.05, 4.69) is 5.32 Å². The third kappa shape index (κ3) is 5.44. The fourth-order valence-electron chi connectivity index (χ4n) is 2.22. The van der Waals surface area contributed by atoms with Gasteiger partial charge in [0.1, 0.15) is 12.4 Å². The van der Waals surface area contributed by atoms with Crippen molar-refractivity contribution >= 4 is 5.97 Å². The van der Waals surface area contributed by atoms with Crippen LogP contribution in [-0.4, -0.2) is 23.7 Å². The lowest BCUT2D eigenvalue weighted by atomic mass is 10.1. The van der Waals surface area contributed by atoms with Gasteiger partial charge in [0, 0.05) is 12.6 Å². The van der Waals surface area contributed by atoms with Gasteiger partial charge in [0.2, 0.25) is 0 Å². The topological polar surface area (TPSA) is 58.6 Å². The van der Waals surface area contributed by atoms with Crippen molar-refractivity contribution < 1.29 is 19.0 Å². The van der Waals surface area contributed by atoms with E-state index in [0.29, 0.717) is 12.1 Å². The SMILES string of the molecule is CC[C@H](COC(=O)C(O)c1ccccc1)NCc1ccc(F)cc1. The van der Waals surface area contributed by atoms with Gasteiger partial charge >= 0.3 is 5.97 Å². The van der Waals surface area contributed by atoms with Crippen LogP contribution in [0.4, 0.5) is 4.39 Å². The lowest BCUT2D eigenvalue weighted by molar-refractivity contribution is -0.154. The Bertz CT molecular complexity index is 631. The highest BCUT2D eigenvalue weighted by Gasteiger charge is 2.20. The van der Waals surface area contributed by atoms with E-state index >= 15 is 0 Å². The van der Waals surface area contributed by atoms with Crippen LogP contribution in [0.1, 0.15) is 30.6 Å². The number of ether oxygens (including phenoxy) is 1. The van der Waals surface area contributed by atoms with Crippen LogP contribution >= 0.6 is 0 Å². The Labute approximate surface area is 141 Å². The monoisotopic (exact) mass is 331 g/mol. The predicted octanol–water partition coefficient (Wildman–Crippen LogP) is 2.97. The molecule has 0 aliphatic rings. The largest absolute Gasteiger partial charge is 0.462 e. The molecule has 0 amide bonds. The van der Waals surface area contributed by atoms with Crippen LogP contribution in [0.2, 0.25) is 0 Å². The summed E-state index contributed by atoms with van der Waals surface area (Å²) in [6, 6.07) is 14.9. The smallest absolute Gasteiger partial charge is 0.339 e. The number of aliphatic hydroxyl groups is 1. The van der Waals surface area contributed by atoms with Crippen molar-refractivity contribution in [3.63, 3.8) is 0 Å². The normalized spacial score (nSPS) is 13.3. The van der Waals surface area contributed by atoms with Crippen LogP contribution in [0.3, 0.4) is 0 Å². The summed E-state index contributed by atoms with van der Waals surface area (Å²) in [4.78, 5) is 11.9. The van der Waals surface area contributed by atoms with Crippen LogP contribution in [0.15, 0.2) is 54.6 Å². The second-order valence-corrected chi connectivity index (χ2v) is 5.56. The van der Waals surface area contributed by atoms with Gasteiger partial charge in [-0.15, -0.1) is 0 Å². The molecule has 2 rings (SSSR count). The fourth-order valence-corrected chi connectivity index (χ4v) is 2.22. The van der Waals surface area contributed by atoms with Crippen molar-refractivity contribution in [2.24, 2.45) is 0 Å². The van der Waals surface area contributed by atoms with Crippen molar-refractivity contribution in [1.29, 1.82) is 0 Å². The lowest BCUT2D eigenvalue weighted by Gasteiger charge is -2.18. The Morgan fingerprint density at radius 1 is 1.17 bits per heavy atom. The van der Waals surface area contributed by atoms with Crippen LogP contribution in [0, 0.1) is 5.82 Å². The molecule has 1 unspecified atom stereocenters. The van der Waals surface area contributed by atoms with E-state index in [1.165, 1.54) is 12.1 Å². The summed E-state index contributed by atoms with van der Waals surface area (Å²) < 4.78 is 18.1. The Kier molecular flexibility index (Phi) is 6.90. The number of esters is 1. The molecule has 0 spiro atoms. The number of nitrogens with one attached hydrogen (secondary N) is 1. The first-order valence-corrected chi connectivity index (χ1v) is 7.97. The molecule has 2 N–H and O–H groups in total. The van der Waals surface area contributed by atoms with Crippen LogP contribution in [0.25, 0.3) is 0 Å². The third-order valence-corrected chi connectivity index (χ3v) is 3.77. The molecule has 0 saturated heterocycles. The van der Waals surface area contributed by atoms with Crippen LogP contribution in [-0.2, 0) is 16.1 Å². The molecule has 2 aromatic rings. The van der Waals surface area contributed by atoms with Crippen molar-refractivity contribution in [1.82, 2.24) is 5.32 Å². The Balaban J connectivity index is 1.80. The summed E-state index contributed by atoms with van der Waals surface area (Å²) in [5.41, 5.74) is 1.46. The van der Waals surface area contributed by atoms with Gasteiger partial charge in [-0.05, 0) is 29.7 Å². The van der Waals surface area contributed by atoms with Gasteiger partial charge in [-0.2, -0.15) is 0 Å². The third-order valence-electron chi connectivity index (χ3n) is 3.77. The summed E-state index contributed by atoms with van der Waals surface area (Å²) in [6.45, 7) is 2.70. The first kappa shape index (κ1) is 18.1. The van der Waals surface area contributed by atoms with E-state index < -0.39 is 12.1 Å². The van der Waals surface area contributed by atoms with Gasteiger partial charge in [-0.3, -0.25) is 0 Å². The predicted molar refractivity (Wildman–Crippen MR) is 89.7 cm³/mol. The van der Waals surface area contributed by atoms with E-state index in [1.807, 2.05) is 13.0 Å². The van der Waals surface area contributed by atoms with Gasteiger partial charge in [0.25, 0.3) is 0 Å². The van der Waals surface area contributed by atoms with Gasteiger partial charge < -0.3 is 15.2 Å². The molecule has 2 atom stereocenters. The zero-order valence-electron chi connectivity index (χ0n) is 13.6. The van der Waals surface area contributed by atoms with Crippen molar-refractivity contribution in [3.05, 3.63) is 71.5 Å². The van der Waals surface area contributed by atoms with Gasteiger partial charge in [-0.25, -0.2) is 9.18 Å². The second-order valence-electron chi connectivity index (χ2n) is 5.56. The number of rotatable bonds is 8. The fraction of sp³-hybridized carbons (Fsp3) is 0.316. The number of carbonyl (C=O) groups excluding carboxylic acids is 1. The zero-order valence-corrected chi connectivity index (χ0v) is 13.6. The van der Waals surface area contributed by atoms with E-state index in [0.717, 1.165) is 12.0 Å². The highest BCUT2D eigenvalue weighted by Crippen LogP contribution is 2.14. The molecule has 0 heterocycles. The lowest BCUT2D eigenvalue weighted by Crippen LogP contribution is -2.34. The molecular weight excluding hydrogens is 309 g/mol. The van der Waals surface area contributed by atoms with Crippen molar-refractivity contribution in [2.75, 3.05) is 6.61 Å². The minimum atomic E-state index is -1.28. The van der Waals surface area contributed by atoms with Crippen molar-refractivity contribution in [3.8, 4) is 0 Å². The van der Waals surface area contributed by atoms with E-state index in [-0.39, 0.29) is 18.5 Å². The molecule has 0 aliphatic heterocycles. The molecule has 0 radical (unpaired) electrons. The number of carbonyl (C=O) groups is 1. The summed E-state index contributed by atoms with van der Waals surface area (Å²) >= 11 is 0. The van der Waals surface area contributed by atoms with E-state index in [1.54, 1.807) is 36.4 Å². The summed E-state index contributed by atoms with van der Waals surface area (Å²) in [6.07, 6.45) is -0.517. The molecule has 4 nitrogen and oxygen atoms in total. The van der Waals surface area contributed by atoms with Crippen LogP contribution in [0.5, 0.6) is 0 Å². The first-order valence-electron chi connectivity index (χ1n) is 7.97.